The minimum absolute atomic E-state index is 0.0157. The van der Waals surface area contributed by atoms with Crippen LogP contribution in [0.1, 0.15) is 12.8 Å². The second kappa shape index (κ2) is 6.43. The number of benzene rings is 1. The Bertz CT molecular complexity index is 472. The zero-order chi connectivity index (χ0) is 15.5. The van der Waals surface area contributed by atoms with Crippen LogP contribution in [-0.2, 0) is 0 Å². The van der Waals surface area contributed by atoms with Crippen molar-refractivity contribution in [2.24, 2.45) is 0 Å². The molecule has 7 heteroatoms. The van der Waals surface area contributed by atoms with Gasteiger partial charge in [-0.1, -0.05) is 0 Å². The summed E-state index contributed by atoms with van der Waals surface area (Å²) in [7, 11) is 2.03. The smallest absolute Gasteiger partial charge is 0.422 e. The van der Waals surface area contributed by atoms with E-state index in [2.05, 4.69) is 4.90 Å². The number of hydrogen-bond acceptors (Lipinski definition) is 4. The van der Waals surface area contributed by atoms with Crippen LogP contribution < -0.4 is 15.2 Å². The highest BCUT2D eigenvalue weighted by Gasteiger charge is 2.29. The number of nitrogens with zero attached hydrogens (tertiary/aromatic N) is 1. The first-order valence-corrected chi connectivity index (χ1v) is 6.78. The van der Waals surface area contributed by atoms with Gasteiger partial charge in [0.05, 0.1) is 0 Å². The maximum Gasteiger partial charge on any atom is 0.422 e. The van der Waals surface area contributed by atoms with Crippen LogP contribution in [0.5, 0.6) is 11.5 Å². The number of alkyl halides is 3. The summed E-state index contributed by atoms with van der Waals surface area (Å²) in [5.74, 6) is 0.342. The number of piperidine rings is 1. The number of ether oxygens (including phenoxy) is 2. The van der Waals surface area contributed by atoms with E-state index in [4.69, 9.17) is 15.2 Å². The van der Waals surface area contributed by atoms with Crippen LogP contribution >= 0.6 is 0 Å². The Hall–Kier alpha value is -1.63. The number of likely N-dealkylation sites (tertiary alicyclic amines) is 1. The van der Waals surface area contributed by atoms with Gasteiger partial charge in [-0.15, -0.1) is 0 Å². The van der Waals surface area contributed by atoms with E-state index in [1.54, 1.807) is 12.1 Å². The van der Waals surface area contributed by atoms with Gasteiger partial charge in [0.25, 0.3) is 0 Å². The molecule has 4 nitrogen and oxygen atoms in total. The number of rotatable bonds is 4. The molecule has 0 amide bonds. The van der Waals surface area contributed by atoms with Crippen LogP contribution in [0.4, 0.5) is 18.9 Å². The molecule has 0 radical (unpaired) electrons. The van der Waals surface area contributed by atoms with Gasteiger partial charge in [0.1, 0.15) is 6.10 Å². The Morgan fingerprint density at radius 2 is 1.90 bits per heavy atom. The molecule has 1 saturated heterocycles. The summed E-state index contributed by atoms with van der Waals surface area (Å²) >= 11 is 0. The molecule has 1 aromatic carbocycles. The molecule has 2 rings (SSSR count). The Kier molecular flexibility index (Phi) is 4.82. The predicted molar refractivity (Wildman–Crippen MR) is 73.6 cm³/mol. The monoisotopic (exact) mass is 304 g/mol. The van der Waals surface area contributed by atoms with Crippen LogP contribution in [0, 0.1) is 0 Å². The molecule has 21 heavy (non-hydrogen) atoms. The molecule has 0 saturated carbocycles. The van der Waals surface area contributed by atoms with Gasteiger partial charge < -0.3 is 20.1 Å². The summed E-state index contributed by atoms with van der Waals surface area (Å²) in [6.07, 6.45) is -2.74. The summed E-state index contributed by atoms with van der Waals surface area (Å²) in [4.78, 5) is 2.18. The van der Waals surface area contributed by atoms with E-state index in [0.717, 1.165) is 25.9 Å². The SMILES string of the molecule is CN1CCC(Oc2ccc(N)cc2OCC(F)(F)F)CC1. The first-order chi connectivity index (χ1) is 9.83. The Balaban J connectivity index is 2.04. The third-order valence-electron chi connectivity index (χ3n) is 3.32. The molecule has 0 aromatic heterocycles. The lowest BCUT2D eigenvalue weighted by Crippen LogP contribution is -2.35. The molecule has 1 aliphatic heterocycles. The van der Waals surface area contributed by atoms with Crippen LogP contribution in [0.3, 0.4) is 0 Å². The molecular formula is C14H19F3N2O2. The van der Waals surface area contributed by atoms with Crippen molar-refractivity contribution in [3.05, 3.63) is 18.2 Å². The molecule has 0 atom stereocenters. The first-order valence-electron chi connectivity index (χ1n) is 6.78. The highest BCUT2D eigenvalue weighted by atomic mass is 19.4. The topological polar surface area (TPSA) is 47.7 Å². The number of nitrogen functional groups attached to an aromatic ring is 1. The van der Waals surface area contributed by atoms with E-state index in [9.17, 15) is 13.2 Å². The fourth-order valence-corrected chi connectivity index (χ4v) is 2.18. The standard InChI is InChI=1S/C14H19F3N2O2/c1-19-6-4-11(5-7-19)21-12-3-2-10(18)8-13(12)20-9-14(15,16)17/h2-3,8,11H,4-7,9,18H2,1H3. The Labute approximate surface area is 121 Å². The van der Waals surface area contributed by atoms with Gasteiger partial charge >= 0.3 is 6.18 Å². The lowest BCUT2D eigenvalue weighted by molar-refractivity contribution is -0.153. The summed E-state index contributed by atoms with van der Waals surface area (Å²) in [5.41, 5.74) is 5.93. The van der Waals surface area contributed by atoms with Crippen molar-refractivity contribution in [2.75, 3.05) is 32.5 Å². The third kappa shape index (κ3) is 5.00. The summed E-state index contributed by atoms with van der Waals surface area (Å²) in [5, 5.41) is 0. The van der Waals surface area contributed by atoms with Gasteiger partial charge in [0, 0.05) is 24.8 Å². The van der Waals surface area contributed by atoms with E-state index in [0.29, 0.717) is 11.4 Å². The van der Waals surface area contributed by atoms with Gasteiger partial charge in [-0.05, 0) is 32.0 Å². The highest BCUT2D eigenvalue weighted by Crippen LogP contribution is 2.33. The van der Waals surface area contributed by atoms with Crippen molar-refractivity contribution >= 4 is 5.69 Å². The lowest BCUT2D eigenvalue weighted by atomic mass is 10.1. The van der Waals surface area contributed by atoms with E-state index in [-0.39, 0.29) is 11.9 Å². The fourth-order valence-electron chi connectivity index (χ4n) is 2.18. The number of anilines is 1. The molecule has 0 unspecified atom stereocenters. The Morgan fingerprint density at radius 3 is 2.52 bits per heavy atom. The molecule has 0 aliphatic carbocycles. The van der Waals surface area contributed by atoms with Crippen molar-refractivity contribution in [3.8, 4) is 11.5 Å². The van der Waals surface area contributed by atoms with E-state index in [1.807, 2.05) is 7.05 Å². The van der Waals surface area contributed by atoms with Crippen molar-refractivity contribution < 1.29 is 22.6 Å². The minimum atomic E-state index is -4.39. The number of halogens is 3. The largest absolute Gasteiger partial charge is 0.486 e. The summed E-state index contributed by atoms with van der Waals surface area (Å²) in [6, 6.07) is 4.50. The highest BCUT2D eigenvalue weighted by molar-refractivity contribution is 5.52. The number of nitrogens with two attached hydrogens (primary N) is 1. The first kappa shape index (κ1) is 15.8. The summed E-state index contributed by atoms with van der Waals surface area (Å²) in [6.45, 7) is 0.441. The fraction of sp³-hybridized carbons (Fsp3) is 0.571. The zero-order valence-corrected chi connectivity index (χ0v) is 11.8. The van der Waals surface area contributed by atoms with Crippen LogP contribution in [0.25, 0.3) is 0 Å². The minimum Gasteiger partial charge on any atom is -0.486 e. The maximum atomic E-state index is 12.3. The van der Waals surface area contributed by atoms with Crippen molar-refractivity contribution in [2.45, 2.75) is 25.1 Å². The van der Waals surface area contributed by atoms with Gasteiger partial charge in [0.2, 0.25) is 0 Å². The molecule has 2 N–H and O–H groups in total. The Morgan fingerprint density at radius 1 is 1.24 bits per heavy atom. The van der Waals surface area contributed by atoms with E-state index < -0.39 is 12.8 Å². The molecular weight excluding hydrogens is 285 g/mol. The summed E-state index contributed by atoms with van der Waals surface area (Å²) < 4.78 is 47.4. The normalized spacial score (nSPS) is 17.7. The molecule has 0 bridgehead atoms. The number of hydrogen-bond donors (Lipinski definition) is 1. The van der Waals surface area contributed by atoms with Crippen LogP contribution in [0.15, 0.2) is 18.2 Å². The average molecular weight is 304 g/mol. The van der Waals surface area contributed by atoms with Crippen molar-refractivity contribution in [1.82, 2.24) is 4.90 Å². The van der Waals surface area contributed by atoms with Gasteiger partial charge in [-0.3, -0.25) is 0 Å². The van der Waals surface area contributed by atoms with E-state index in [1.165, 1.54) is 6.07 Å². The third-order valence-corrected chi connectivity index (χ3v) is 3.32. The molecule has 1 heterocycles. The quantitative estimate of drug-likeness (QED) is 0.869. The maximum absolute atomic E-state index is 12.3. The average Bonchev–Trinajstić information content (AvgIpc) is 2.40. The second-order valence-electron chi connectivity index (χ2n) is 5.23. The second-order valence-corrected chi connectivity index (χ2v) is 5.23. The lowest BCUT2D eigenvalue weighted by Gasteiger charge is -2.29. The van der Waals surface area contributed by atoms with Crippen LogP contribution in [-0.4, -0.2) is 43.9 Å². The van der Waals surface area contributed by atoms with Gasteiger partial charge in [-0.25, -0.2) is 0 Å². The van der Waals surface area contributed by atoms with Crippen molar-refractivity contribution in [3.63, 3.8) is 0 Å². The molecule has 0 spiro atoms. The molecule has 1 fully saturated rings. The van der Waals surface area contributed by atoms with Gasteiger partial charge in [0.15, 0.2) is 18.1 Å². The molecule has 1 aliphatic rings. The van der Waals surface area contributed by atoms with E-state index >= 15 is 0 Å². The zero-order valence-electron chi connectivity index (χ0n) is 11.8. The van der Waals surface area contributed by atoms with Gasteiger partial charge in [-0.2, -0.15) is 13.2 Å². The molecule has 1 aromatic rings. The predicted octanol–water partition coefficient (Wildman–Crippen LogP) is 2.68. The van der Waals surface area contributed by atoms with Crippen molar-refractivity contribution in [1.29, 1.82) is 0 Å². The van der Waals surface area contributed by atoms with Crippen LogP contribution in [0.2, 0.25) is 0 Å². The molecule has 118 valence electrons.